The number of aliphatic hydroxyl groups excluding tert-OH is 2. The number of aliphatic hydroxyl groups is 2. The van der Waals surface area contributed by atoms with E-state index in [2.05, 4.69) is 41.7 Å². The van der Waals surface area contributed by atoms with Gasteiger partial charge in [-0.3, -0.25) is 4.79 Å². The Balaban J connectivity index is 1.64. The van der Waals surface area contributed by atoms with Gasteiger partial charge in [0.05, 0.1) is 17.6 Å². The number of carbonyl (C=O) groups excluding carboxylic acids is 1. The second-order valence-electron chi connectivity index (χ2n) is 6.73. The van der Waals surface area contributed by atoms with Gasteiger partial charge in [-0.25, -0.2) is 0 Å². The minimum absolute atomic E-state index is 0.0432. The van der Waals surface area contributed by atoms with E-state index in [0.717, 1.165) is 10.4 Å². The number of fused-ring (bicyclic) bond motifs is 1. The standard InChI is InChI=1S/C21H21NO3S/c23-12-14(24)11-22-21(25)20-10-9-19(26-20)18-8-7-15(13-5-6-13)16-3-1-2-4-17(16)18/h1-4,7-10,13-14,23-24H,5-6,11-12H2,(H,22,25). The van der Waals surface area contributed by atoms with Gasteiger partial charge in [-0.1, -0.05) is 36.4 Å². The van der Waals surface area contributed by atoms with E-state index in [4.69, 9.17) is 5.11 Å². The van der Waals surface area contributed by atoms with Gasteiger partial charge in [0, 0.05) is 11.4 Å². The first-order valence-corrected chi connectivity index (χ1v) is 9.68. The van der Waals surface area contributed by atoms with Gasteiger partial charge in [0.25, 0.3) is 5.91 Å². The van der Waals surface area contributed by atoms with Gasteiger partial charge in [-0.05, 0) is 52.8 Å². The van der Waals surface area contributed by atoms with E-state index in [9.17, 15) is 9.90 Å². The Hall–Kier alpha value is -2.21. The Morgan fingerprint density at radius 2 is 1.88 bits per heavy atom. The Morgan fingerprint density at radius 3 is 2.62 bits per heavy atom. The van der Waals surface area contributed by atoms with Crippen LogP contribution >= 0.6 is 11.3 Å². The molecule has 1 amide bonds. The molecule has 4 nitrogen and oxygen atoms in total. The normalized spacial score (nSPS) is 15.2. The zero-order valence-corrected chi connectivity index (χ0v) is 15.1. The molecule has 1 atom stereocenters. The lowest BCUT2D eigenvalue weighted by atomic mass is 9.96. The Morgan fingerprint density at radius 1 is 1.12 bits per heavy atom. The molecule has 1 aliphatic carbocycles. The van der Waals surface area contributed by atoms with Crippen LogP contribution in [0.25, 0.3) is 21.2 Å². The van der Waals surface area contributed by atoms with E-state index >= 15 is 0 Å². The number of carbonyl (C=O) groups is 1. The molecule has 5 heteroatoms. The van der Waals surface area contributed by atoms with Crippen molar-refractivity contribution in [2.45, 2.75) is 24.9 Å². The lowest BCUT2D eigenvalue weighted by Gasteiger charge is -2.10. The molecule has 3 N–H and O–H groups in total. The Bertz CT molecular complexity index is 945. The molecule has 1 unspecified atom stereocenters. The lowest BCUT2D eigenvalue weighted by Crippen LogP contribution is -2.33. The van der Waals surface area contributed by atoms with Crippen LogP contribution in [0.5, 0.6) is 0 Å². The van der Waals surface area contributed by atoms with Gasteiger partial charge in [0.15, 0.2) is 0 Å². The third kappa shape index (κ3) is 3.38. The number of hydrogen-bond acceptors (Lipinski definition) is 4. The highest BCUT2D eigenvalue weighted by Gasteiger charge is 2.25. The van der Waals surface area contributed by atoms with Crippen LogP contribution in [-0.2, 0) is 0 Å². The van der Waals surface area contributed by atoms with Gasteiger partial charge >= 0.3 is 0 Å². The van der Waals surface area contributed by atoms with Crippen molar-refractivity contribution >= 4 is 28.0 Å². The molecular weight excluding hydrogens is 346 g/mol. The fourth-order valence-corrected chi connectivity index (χ4v) is 4.22. The van der Waals surface area contributed by atoms with Crippen molar-refractivity contribution in [2.24, 2.45) is 0 Å². The van der Waals surface area contributed by atoms with Gasteiger partial charge in [0.1, 0.15) is 0 Å². The molecule has 0 aliphatic heterocycles. The molecule has 2 aromatic carbocycles. The smallest absolute Gasteiger partial charge is 0.261 e. The maximum atomic E-state index is 12.2. The van der Waals surface area contributed by atoms with Crippen molar-refractivity contribution in [1.82, 2.24) is 5.32 Å². The van der Waals surface area contributed by atoms with Crippen LogP contribution in [0, 0.1) is 0 Å². The predicted octanol–water partition coefficient (Wildman–Crippen LogP) is 3.53. The van der Waals surface area contributed by atoms with Crippen LogP contribution in [0.1, 0.15) is 34.0 Å². The van der Waals surface area contributed by atoms with Crippen molar-refractivity contribution in [3.05, 3.63) is 59.0 Å². The van der Waals surface area contributed by atoms with Crippen LogP contribution in [0.15, 0.2) is 48.5 Å². The third-order valence-corrected chi connectivity index (χ3v) is 5.90. The van der Waals surface area contributed by atoms with Crippen molar-refractivity contribution in [3.63, 3.8) is 0 Å². The molecule has 0 radical (unpaired) electrons. The van der Waals surface area contributed by atoms with Crippen LogP contribution in [0.2, 0.25) is 0 Å². The fraction of sp³-hybridized carbons (Fsp3) is 0.286. The first-order valence-electron chi connectivity index (χ1n) is 8.86. The average Bonchev–Trinajstić information content (AvgIpc) is 3.41. The minimum atomic E-state index is -0.933. The first-order chi connectivity index (χ1) is 12.7. The summed E-state index contributed by atoms with van der Waals surface area (Å²) in [7, 11) is 0. The average molecular weight is 367 g/mol. The maximum Gasteiger partial charge on any atom is 0.261 e. The topological polar surface area (TPSA) is 69.6 Å². The van der Waals surface area contributed by atoms with Crippen molar-refractivity contribution < 1.29 is 15.0 Å². The second kappa shape index (κ2) is 7.19. The highest BCUT2D eigenvalue weighted by Crippen LogP contribution is 2.45. The highest BCUT2D eigenvalue weighted by molar-refractivity contribution is 7.17. The van der Waals surface area contributed by atoms with Crippen LogP contribution in [-0.4, -0.2) is 35.4 Å². The highest BCUT2D eigenvalue weighted by atomic mass is 32.1. The Labute approximate surface area is 156 Å². The van der Waals surface area contributed by atoms with E-state index in [1.54, 1.807) is 0 Å². The van der Waals surface area contributed by atoms with Crippen LogP contribution in [0.3, 0.4) is 0 Å². The van der Waals surface area contributed by atoms with Gasteiger partial charge in [-0.2, -0.15) is 0 Å². The second-order valence-corrected chi connectivity index (χ2v) is 7.82. The van der Waals surface area contributed by atoms with Gasteiger partial charge in [0.2, 0.25) is 0 Å². The molecule has 1 heterocycles. The van der Waals surface area contributed by atoms with E-state index in [-0.39, 0.29) is 19.1 Å². The number of rotatable bonds is 6. The first kappa shape index (κ1) is 17.2. The molecule has 0 saturated heterocycles. The predicted molar refractivity (Wildman–Crippen MR) is 105 cm³/mol. The molecule has 1 aromatic heterocycles. The van der Waals surface area contributed by atoms with Gasteiger partial charge < -0.3 is 15.5 Å². The summed E-state index contributed by atoms with van der Waals surface area (Å²) >= 11 is 1.44. The van der Waals surface area contributed by atoms with Crippen LogP contribution < -0.4 is 5.32 Å². The Kier molecular flexibility index (Phi) is 4.76. The van der Waals surface area contributed by atoms with Crippen LogP contribution in [0.4, 0.5) is 0 Å². The third-order valence-electron chi connectivity index (χ3n) is 4.78. The summed E-state index contributed by atoms with van der Waals surface area (Å²) in [6.07, 6.45) is 1.61. The summed E-state index contributed by atoms with van der Waals surface area (Å²) in [4.78, 5) is 13.9. The molecule has 1 saturated carbocycles. The monoisotopic (exact) mass is 367 g/mol. The molecule has 26 heavy (non-hydrogen) atoms. The summed E-state index contributed by atoms with van der Waals surface area (Å²) in [5.74, 6) is 0.462. The molecule has 1 fully saturated rings. The zero-order valence-electron chi connectivity index (χ0n) is 14.3. The van der Waals surface area contributed by atoms with E-state index < -0.39 is 6.10 Å². The number of thiophene rings is 1. The number of amides is 1. The van der Waals surface area contributed by atoms with Gasteiger partial charge in [-0.15, -0.1) is 11.3 Å². The molecule has 1 aliphatic rings. The fourth-order valence-electron chi connectivity index (χ4n) is 3.25. The summed E-state index contributed by atoms with van der Waals surface area (Å²) < 4.78 is 0. The maximum absolute atomic E-state index is 12.2. The summed E-state index contributed by atoms with van der Waals surface area (Å²) in [5, 5.41) is 23.4. The summed E-state index contributed by atoms with van der Waals surface area (Å²) in [5.41, 5.74) is 2.57. The largest absolute Gasteiger partial charge is 0.394 e. The molecule has 3 aromatic rings. The SMILES string of the molecule is O=C(NCC(O)CO)c1ccc(-c2ccc(C3CC3)c3ccccc23)s1. The summed E-state index contributed by atoms with van der Waals surface area (Å²) in [6, 6.07) is 16.6. The lowest BCUT2D eigenvalue weighted by molar-refractivity contribution is 0.0804. The molecule has 4 rings (SSSR count). The molecule has 0 bridgehead atoms. The van der Waals surface area contributed by atoms with Crippen molar-refractivity contribution in [3.8, 4) is 10.4 Å². The number of benzene rings is 2. The number of hydrogen-bond donors (Lipinski definition) is 3. The van der Waals surface area contributed by atoms with Crippen molar-refractivity contribution in [2.75, 3.05) is 13.2 Å². The minimum Gasteiger partial charge on any atom is -0.394 e. The number of nitrogens with one attached hydrogen (secondary N) is 1. The molecular formula is C21H21NO3S. The zero-order chi connectivity index (χ0) is 18.1. The van der Waals surface area contributed by atoms with E-state index in [0.29, 0.717) is 10.8 Å². The summed E-state index contributed by atoms with van der Waals surface area (Å²) in [6.45, 7) is -0.323. The van der Waals surface area contributed by atoms with Crippen molar-refractivity contribution in [1.29, 1.82) is 0 Å². The van der Waals surface area contributed by atoms with E-state index in [1.165, 1.54) is 40.5 Å². The molecule has 0 spiro atoms. The molecule has 134 valence electrons. The van der Waals surface area contributed by atoms with E-state index in [1.807, 2.05) is 12.1 Å². The quantitative estimate of drug-likeness (QED) is 0.624.